The van der Waals surface area contributed by atoms with Crippen molar-refractivity contribution in [1.29, 1.82) is 0 Å². The van der Waals surface area contributed by atoms with E-state index in [1.807, 2.05) is 12.1 Å². The number of ether oxygens (including phenoxy) is 2. The molecular weight excluding hydrogens is 793 g/mol. The Morgan fingerprint density at radius 1 is 0.617 bits per heavy atom. The molecule has 0 fully saturated rings. The van der Waals surface area contributed by atoms with Crippen molar-refractivity contribution >= 4 is 41.1 Å². The molecule has 336 valence electrons. The molecule has 3 rings (SSSR count). The topological polar surface area (TPSA) is 63.2 Å². The van der Waals surface area contributed by atoms with Crippen LogP contribution in [-0.4, -0.2) is 62.8 Å². The Morgan fingerprint density at radius 3 is 1.50 bits per heavy atom. The van der Waals surface area contributed by atoms with Crippen molar-refractivity contribution in [3.8, 4) is 5.75 Å². The van der Waals surface area contributed by atoms with E-state index in [1.165, 1.54) is 10.4 Å². The van der Waals surface area contributed by atoms with Gasteiger partial charge in [-0.05, 0) is 75.3 Å². The number of hydrogen-bond acceptors (Lipinski definition) is 6. The summed E-state index contributed by atoms with van der Waals surface area (Å²) >= 11 is 0. The van der Waals surface area contributed by atoms with Crippen LogP contribution in [0.5, 0.6) is 5.75 Å². The molecule has 60 heavy (non-hydrogen) atoms. The van der Waals surface area contributed by atoms with Crippen LogP contribution >= 0.6 is 0 Å². The molecule has 0 heterocycles. The minimum atomic E-state index is -2.83. The van der Waals surface area contributed by atoms with Crippen LogP contribution < -0.4 is 15.1 Å². The van der Waals surface area contributed by atoms with Gasteiger partial charge in [-0.2, -0.15) is 0 Å². The van der Waals surface area contributed by atoms with Gasteiger partial charge in [-0.15, -0.1) is 0 Å². The van der Waals surface area contributed by atoms with Crippen LogP contribution in [0.4, 0.5) is 0 Å². The Hall–Kier alpha value is -2.38. The zero-order chi connectivity index (χ0) is 45.5. The number of carbonyl (C=O) groups excluding carboxylic acids is 1. The van der Waals surface area contributed by atoms with Gasteiger partial charge in [0.1, 0.15) is 11.5 Å². The molecule has 0 saturated heterocycles. The predicted octanol–water partition coefficient (Wildman–Crippen LogP) is 12.5. The number of hydrogen-bond donors (Lipinski definition) is 0. The fourth-order valence-corrected chi connectivity index (χ4v) is 15.4. The second kappa shape index (κ2) is 20.9. The van der Waals surface area contributed by atoms with Crippen LogP contribution in [0.15, 0.2) is 84.9 Å². The number of carbonyl (C=O) groups is 1. The van der Waals surface area contributed by atoms with Gasteiger partial charge in [-0.25, -0.2) is 0 Å². The first kappa shape index (κ1) is 52.0. The summed E-state index contributed by atoms with van der Waals surface area (Å²) in [5, 5.41) is 2.25. The van der Waals surface area contributed by atoms with Crippen molar-refractivity contribution in [2.75, 3.05) is 13.7 Å². The molecule has 3 aromatic rings. The Labute approximate surface area is 370 Å². The first-order valence-corrected chi connectivity index (χ1v) is 30.2. The van der Waals surface area contributed by atoms with Gasteiger partial charge in [0.15, 0.2) is 16.6 Å². The first-order chi connectivity index (χ1) is 27.6. The Kier molecular flexibility index (Phi) is 18.1. The molecule has 0 saturated carbocycles. The molecular formula is C51H84O6Si3. The van der Waals surface area contributed by atoms with Crippen molar-refractivity contribution in [2.24, 2.45) is 23.7 Å². The van der Waals surface area contributed by atoms with Gasteiger partial charge < -0.3 is 22.8 Å². The summed E-state index contributed by atoms with van der Waals surface area (Å²) in [4.78, 5) is 15.1. The molecule has 0 aliphatic heterocycles. The van der Waals surface area contributed by atoms with E-state index < -0.39 is 25.0 Å². The highest BCUT2D eigenvalue weighted by Gasteiger charge is 2.51. The third kappa shape index (κ3) is 12.9. The van der Waals surface area contributed by atoms with Crippen LogP contribution in [0.3, 0.4) is 0 Å². The summed E-state index contributed by atoms with van der Waals surface area (Å²) < 4.78 is 34.3. The summed E-state index contributed by atoms with van der Waals surface area (Å²) in [6, 6.07) is 29.6. The van der Waals surface area contributed by atoms with E-state index in [9.17, 15) is 0 Å². The highest BCUT2D eigenvalue weighted by molar-refractivity contribution is 6.99. The Bertz CT molecular complexity index is 1700. The summed E-state index contributed by atoms with van der Waals surface area (Å²) in [6.07, 6.45) is -0.485. The molecule has 0 spiro atoms. The molecule has 6 atom stereocenters. The zero-order valence-electron chi connectivity index (χ0n) is 41.2. The number of methoxy groups -OCH3 is 1. The Balaban J connectivity index is 2.05. The molecule has 0 unspecified atom stereocenters. The Morgan fingerprint density at radius 2 is 1.08 bits per heavy atom. The molecule has 9 heteroatoms. The number of benzene rings is 3. The van der Waals surface area contributed by atoms with E-state index in [4.69, 9.17) is 22.8 Å². The van der Waals surface area contributed by atoms with Gasteiger partial charge >= 0.3 is 0 Å². The SMILES string of the molecule is COc1ccc(CO[C@H](C(C)C)[C@@H](C)[C@@H](CC(=O)[C@@H](C)[C@H](O[Si](C)(C)C(C)(C)C)[C@H](C)CO[Si](c2ccccc2)(c2ccccc2)C(C)(C)C)O[Si](C)(C)C(C)(C)C)cc1. The lowest BCUT2D eigenvalue weighted by Gasteiger charge is -2.46. The van der Waals surface area contributed by atoms with Crippen molar-refractivity contribution < 1.29 is 27.5 Å². The molecule has 0 aromatic heterocycles. The van der Waals surface area contributed by atoms with Crippen LogP contribution in [0.2, 0.25) is 41.3 Å². The van der Waals surface area contributed by atoms with E-state index in [0.717, 1.165) is 11.3 Å². The highest BCUT2D eigenvalue weighted by Crippen LogP contribution is 2.43. The maximum Gasteiger partial charge on any atom is 0.261 e. The van der Waals surface area contributed by atoms with Crippen LogP contribution in [0.25, 0.3) is 0 Å². The molecule has 6 nitrogen and oxygen atoms in total. The monoisotopic (exact) mass is 877 g/mol. The second-order valence-corrected chi connectivity index (χ2v) is 35.7. The highest BCUT2D eigenvalue weighted by atomic mass is 28.4. The molecule has 0 aliphatic rings. The summed E-state index contributed by atoms with van der Waals surface area (Å²) in [7, 11) is -5.78. The van der Waals surface area contributed by atoms with Gasteiger partial charge in [0.05, 0.1) is 32.0 Å². The van der Waals surface area contributed by atoms with E-state index >= 15 is 4.79 Å². The van der Waals surface area contributed by atoms with Gasteiger partial charge in [0.25, 0.3) is 8.32 Å². The van der Waals surface area contributed by atoms with Crippen molar-refractivity contribution in [3.63, 3.8) is 0 Å². The lowest BCUT2D eigenvalue weighted by molar-refractivity contribution is -0.130. The minimum Gasteiger partial charge on any atom is -0.497 e. The smallest absolute Gasteiger partial charge is 0.261 e. The summed E-state index contributed by atoms with van der Waals surface area (Å²) in [6.45, 7) is 41.6. The van der Waals surface area contributed by atoms with E-state index in [0.29, 0.717) is 19.6 Å². The zero-order valence-corrected chi connectivity index (χ0v) is 44.2. The number of Topliss-reactive ketones (excluding diaryl/α,β-unsaturated/α-hetero) is 1. The lowest BCUT2D eigenvalue weighted by atomic mass is 9.84. The molecule has 3 aromatic carbocycles. The molecule has 0 aliphatic carbocycles. The standard InChI is InChI=1S/C51H84O6Si3/c1-37(2)47(54-36-41-30-32-42(53-15)33-31-41)40(5)46(56-58(16,17)49(6,7)8)34-45(52)39(4)48(57-59(18,19)50(9,10)11)38(3)35-55-60(51(12,13)14,43-26-22-20-23-27-43)44-28-24-21-25-29-44/h20-33,37-40,46-48H,34-36H2,1-19H3/t38-,39-,40+,46-,47-,48-/m1/s1. The van der Waals surface area contributed by atoms with Crippen LogP contribution in [0.1, 0.15) is 109 Å². The summed E-state index contributed by atoms with van der Waals surface area (Å²) in [5.41, 5.74) is 1.08. The van der Waals surface area contributed by atoms with Gasteiger partial charge in [-0.3, -0.25) is 4.79 Å². The number of rotatable bonds is 21. The second-order valence-electron chi connectivity index (χ2n) is 21.9. The minimum absolute atomic E-state index is 0.0301. The lowest BCUT2D eigenvalue weighted by Crippen LogP contribution is -2.67. The first-order valence-electron chi connectivity index (χ1n) is 22.5. The van der Waals surface area contributed by atoms with Gasteiger partial charge in [-0.1, -0.05) is 170 Å². The fourth-order valence-electron chi connectivity index (χ4n) is 7.88. The van der Waals surface area contributed by atoms with Crippen molar-refractivity contribution in [3.05, 3.63) is 90.5 Å². The maximum absolute atomic E-state index is 15.1. The van der Waals surface area contributed by atoms with E-state index in [2.05, 4.69) is 196 Å². The van der Waals surface area contributed by atoms with E-state index in [1.54, 1.807) is 7.11 Å². The average molecular weight is 877 g/mol. The molecule has 0 bridgehead atoms. The number of ketones is 1. The quantitative estimate of drug-likeness (QED) is 0.0994. The van der Waals surface area contributed by atoms with Crippen LogP contribution in [0, 0.1) is 23.7 Å². The third-order valence-electron chi connectivity index (χ3n) is 13.8. The normalized spacial score (nSPS) is 16.5. The van der Waals surface area contributed by atoms with Crippen molar-refractivity contribution in [1.82, 2.24) is 0 Å². The van der Waals surface area contributed by atoms with Crippen molar-refractivity contribution in [2.45, 2.75) is 170 Å². The average Bonchev–Trinajstić information content (AvgIpc) is 3.16. The largest absolute Gasteiger partial charge is 0.497 e. The summed E-state index contributed by atoms with van der Waals surface area (Å²) in [5.74, 6) is 0.723. The van der Waals surface area contributed by atoms with Crippen LogP contribution in [-0.2, 0) is 29.4 Å². The molecule has 0 radical (unpaired) electrons. The maximum atomic E-state index is 15.1. The van der Waals surface area contributed by atoms with E-state index in [-0.39, 0.29) is 62.9 Å². The third-order valence-corrected chi connectivity index (χ3v) is 27.8. The van der Waals surface area contributed by atoms with Gasteiger partial charge in [0.2, 0.25) is 0 Å². The fraction of sp³-hybridized carbons (Fsp3) is 0.627. The molecule has 0 N–H and O–H groups in total. The van der Waals surface area contributed by atoms with Gasteiger partial charge in [0, 0.05) is 30.8 Å². The predicted molar refractivity (Wildman–Crippen MR) is 261 cm³/mol. The molecule has 0 amide bonds.